The van der Waals surface area contributed by atoms with Crippen LogP contribution in [-0.2, 0) is 4.65 Å². The van der Waals surface area contributed by atoms with Crippen LogP contribution >= 0.6 is 0 Å². The second-order valence-electron chi connectivity index (χ2n) is 2.33. The monoisotopic (exact) mass is 160 g/mol. The van der Waals surface area contributed by atoms with Crippen molar-refractivity contribution < 1.29 is 19.6 Å². The van der Waals surface area contributed by atoms with Crippen LogP contribution in [-0.4, -0.2) is 23.4 Å². The van der Waals surface area contributed by atoms with Crippen molar-refractivity contribution in [3.05, 3.63) is 0 Å². The Balaban J connectivity index is 3.22. The lowest BCUT2D eigenvalue weighted by Crippen LogP contribution is -2.20. The van der Waals surface area contributed by atoms with Crippen LogP contribution in [0.2, 0.25) is 6.32 Å². The average Bonchev–Trinajstić information content (AvgIpc) is 1.86. The molecule has 0 saturated carbocycles. The van der Waals surface area contributed by atoms with Gasteiger partial charge in [0.1, 0.15) is 0 Å². The first-order valence-electron chi connectivity index (χ1n) is 3.74. The minimum Gasteiger partial charge on any atom is -0.477 e. The Hall–Kier alpha value is -0.705. The van der Waals surface area contributed by atoms with Crippen molar-refractivity contribution in [1.82, 2.24) is 0 Å². The lowest BCUT2D eigenvalue weighted by atomic mass is 9.83. The first-order valence-corrected chi connectivity index (χ1v) is 3.74. The molecule has 0 aromatic carbocycles. The summed E-state index contributed by atoms with van der Waals surface area (Å²) < 4.78 is 4.07. The molecule has 0 heterocycles. The summed E-state index contributed by atoms with van der Waals surface area (Å²) in [5.41, 5.74) is 0. The molecule has 5 heteroatoms. The van der Waals surface area contributed by atoms with E-state index >= 15 is 0 Å². The molecule has 0 aromatic rings. The molecule has 0 spiro atoms. The molecule has 2 N–H and O–H groups in total. The average molecular weight is 160 g/mol. The fourth-order valence-electron chi connectivity index (χ4n) is 0.744. The third kappa shape index (κ3) is 7.19. The number of carboxylic acid groups (broad SMARTS) is 1. The summed E-state index contributed by atoms with van der Waals surface area (Å²) in [6.45, 7) is 2.03. The molecule has 11 heavy (non-hydrogen) atoms. The zero-order chi connectivity index (χ0) is 8.69. The van der Waals surface area contributed by atoms with Gasteiger partial charge in [0.2, 0.25) is 0 Å². The van der Waals surface area contributed by atoms with Gasteiger partial charge in [-0.05, 0) is 6.32 Å². The largest absolute Gasteiger partial charge is 0.527 e. The maximum atomic E-state index is 9.86. The standard InChI is InChI=1S/C6H13BO4/c1-2-3-4-5-7(10)11-6(8)9/h10H,2-5H2,1H3,(H,8,9). The van der Waals surface area contributed by atoms with Crippen molar-refractivity contribution in [2.75, 3.05) is 0 Å². The van der Waals surface area contributed by atoms with Gasteiger partial charge in [-0.15, -0.1) is 0 Å². The highest BCUT2D eigenvalue weighted by atomic mass is 16.7. The number of rotatable bonds is 5. The summed E-state index contributed by atoms with van der Waals surface area (Å²) in [7, 11) is -1.15. The third-order valence-corrected chi connectivity index (χ3v) is 1.29. The molecule has 0 rings (SSSR count). The van der Waals surface area contributed by atoms with Crippen LogP contribution in [0.25, 0.3) is 0 Å². The zero-order valence-corrected chi connectivity index (χ0v) is 6.62. The van der Waals surface area contributed by atoms with E-state index in [0.29, 0.717) is 6.32 Å². The molecular weight excluding hydrogens is 147 g/mol. The Bertz CT molecular complexity index is 117. The van der Waals surface area contributed by atoms with Gasteiger partial charge in [0.15, 0.2) is 0 Å². The summed E-state index contributed by atoms with van der Waals surface area (Å²) in [5, 5.41) is 16.9. The molecule has 0 aliphatic heterocycles. The summed E-state index contributed by atoms with van der Waals surface area (Å²) in [6, 6.07) is 0. The van der Waals surface area contributed by atoms with E-state index in [4.69, 9.17) is 10.1 Å². The van der Waals surface area contributed by atoms with Gasteiger partial charge < -0.3 is 14.8 Å². The van der Waals surface area contributed by atoms with E-state index in [-0.39, 0.29) is 0 Å². The minimum atomic E-state index is -1.42. The number of unbranched alkanes of at least 4 members (excludes halogenated alkanes) is 2. The summed E-state index contributed by atoms with van der Waals surface area (Å²) in [6.07, 6.45) is 1.79. The van der Waals surface area contributed by atoms with Crippen LogP contribution in [0.4, 0.5) is 4.79 Å². The Morgan fingerprint density at radius 3 is 2.64 bits per heavy atom. The van der Waals surface area contributed by atoms with E-state index in [2.05, 4.69) is 4.65 Å². The van der Waals surface area contributed by atoms with Gasteiger partial charge in [0.05, 0.1) is 0 Å². The Labute approximate surface area is 66.3 Å². The van der Waals surface area contributed by atoms with Crippen molar-refractivity contribution >= 4 is 13.3 Å². The molecule has 64 valence electrons. The lowest BCUT2D eigenvalue weighted by molar-refractivity contribution is 0.135. The molecular formula is C6H13BO4. The van der Waals surface area contributed by atoms with E-state index < -0.39 is 13.3 Å². The van der Waals surface area contributed by atoms with Crippen LogP contribution in [0.1, 0.15) is 26.2 Å². The van der Waals surface area contributed by atoms with Gasteiger partial charge in [-0.1, -0.05) is 26.2 Å². The highest BCUT2D eigenvalue weighted by Gasteiger charge is 2.16. The normalized spacial score (nSPS) is 9.27. The molecule has 0 amide bonds. The molecule has 0 aromatic heterocycles. The van der Waals surface area contributed by atoms with Crippen molar-refractivity contribution in [2.45, 2.75) is 32.5 Å². The fraction of sp³-hybridized carbons (Fsp3) is 0.833. The van der Waals surface area contributed by atoms with Gasteiger partial charge in [0.25, 0.3) is 0 Å². The molecule has 0 fully saturated rings. The van der Waals surface area contributed by atoms with E-state index in [1.165, 1.54) is 0 Å². The highest BCUT2D eigenvalue weighted by molar-refractivity contribution is 6.44. The van der Waals surface area contributed by atoms with Crippen molar-refractivity contribution in [1.29, 1.82) is 0 Å². The second kappa shape index (κ2) is 6.03. The van der Waals surface area contributed by atoms with Gasteiger partial charge >= 0.3 is 13.3 Å². The predicted octanol–water partition coefficient (Wildman–Crippen LogP) is 1.35. The van der Waals surface area contributed by atoms with Gasteiger partial charge in [-0.3, -0.25) is 0 Å². The third-order valence-electron chi connectivity index (χ3n) is 1.29. The first-order chi connectivity index (χ1) is 5.16. The van der Waals surface area contributed by atoms with Crippen molar-refractivity contribution in [3.8, 4) is 0 Å². The molecule has 0 aliphatic carbocycles. The Kier molecular flexibility index (Phi) is 5.65. The summed E-state index contributed by atoms with van der Waals surface area (Å²) in [5.74, 6) is 0. The molecule has 0 radical (unpaired) electrons. The molecule has 0 unspecified atom stereocenters. The smallest absolute Gasteiger partial charge is 0.477 e. The zero-order valence-electron chi connectivity index (χ0n) is 6.62. The molecule has 4 nitrogen and oxygen atoms in total. The van der Waals surface area contributed by atoms with Crippen LogP contribution < -0.4 is 0 Å². The van der Waals surface area contributed by atoms with E-state index in [9.17, 15) is 4.79 Å². The molecule has 0 atom stereocenters. The van der Waals surface area contributed by atoms with Crippen molar-refractivity contribution in [3.63, 3.8) is 0 Å². The van der Waals surface area contributed by atoms with Gasteiger partial charge in [-0.25, -0.2) is 4.79 Å². The lowest BCUT2D eigenvalue weighted by Gasteiger charge is -2.02. The van der Waals surface area contributed by atoms with E-state index in [0.717, 1.165) is 19.3 Å². The fourth-order valence-corrected chi connectivity index (χ4v) is 0.744. The maximum Gasteiger partial charge on any atom is 0.527 e. The van der Waals surface area contributed by atoms with Crippen molar-refractivity contribution in [2.24, 2.45) is 0 Å². The second-order valence-corrected chi connectivity index (χ2v) is 2.33. The van der Waals surface area contributed by atoms with Crippen LogP contribution in [0.3, 0.4) is 0 Å². The van der Waals surface area contributed by atoms with Crippen LogP contribution in [0.15, 0.2) is 0 Å². The summed E-state index contributed by atoms with van der Waals surface area (Å²) >= 11 is 0. The molecule has 0 saturated heterocycles. The van der Waals surface area contributed by atoms with E-state index in [1.807, 2.05) is 6.92 Å². The predicted molar refractivity (Wildman–Crippen MR) is 41.4 cm³/mol. The minimum absolute atomic E-state index is 0.389. The van der Waals surface area contributed by atoms with Gasteiger partial charge in [0, 0.05) is 0 Å². The first kappa shape index (κ1) is 10.3. The maximum absolute atomic E-state index is 9.86. The molecule has 0 aliphatic rings. The summed E-state index contributed by atoms with van der Waals surface area (Å²) in [4.78, 5) is 9.86. The molecule has 0 bridgehead atoms. The van der Waals surface area contributed by atoms with E-state index in [1.54, 1.807) is 0 Å². The highest BCUT2D eigenvalue weighted by Crippen LogP contribution is 2.02. The Morgan fingerprint density at radius 1 is 1.55 bits per heavy atom. The van der Waals surface area contributed by atoms with Gasteiger partial charge in [-0.2, -0.15) is 0 Å². The number of hydrogen-bond acceptors (Lipinski definition) is 3. The Morgan fingerprint density at radius 2 is 2.18 bits per heavy atom. The topological polar surface area (TPSA) is 66.8 Å². The quantitative estimate of drug-likeness (QED) is 0.470. The number of hydrogen-bond donors (Lipinski definition) is 2. The SMILES string of the molecule is CCCCCB(O)OC(=O)O. The number of carbonyl (C=O) groups is 1. The van der Waals surface area contributed by atoms with Crippen LogP contribution in [0.5, 0.6) is 0 Å². The van der Waals surface area contributed by atoms with Crippen LogP contribution in [0, 0.1) is 0 Å².